The molecule has 0 saturated heterocycles. The molecule has 5 aliphatic rings. The third-order valence-electron chi connectivity index (χ3n) is 11.2. The minimum absolute atomic E-state index is 0. The van der Waals surface area contributed by atoms with E-state index < -0.39 is 0 Å². The molecule has 3 heteroatoms. The van der Waals surface area contributed by atoms with Crippen LogP contribution in [0.4, 0.5) is 0 Å². The van der Waals surface area contributed by atoms with E-state index in [0.29, 0.717) is 11.3 Å². The predicted octanol–water partition coefficient (Wildman–Crippen LogP) is 6.03. The van der Waals surface area contributed by atoms with Crippen molar-refractivity contribution in [2.75, 3.05) is 0 Å². The monoisotopic (exact) mass is 754 g/mol. The van der Waals surface area contributed by atoms with Gasteiger partial charge in [-0.15, -0.1) is 39.7 Å². The molecule has 0 spiro atoms. The second-order valence-corrected chi connectivity index (χ2v) is 18.0. The number of hydrogen-bond acceptors (Lipinski definition) is 0. The van der Waals surface area contributed by atoms with E-state index in [4.69, 9.17) is 0 Å². The van der Waals surface area contributed by atoms with E-state index >= 15 is 0 Å². The van der Waals surface area contributed by atoms with Crippen molar-refractivity contribution in [2.45, 2.75) is 104 Å². The van der Waals surface area contributed by atoms with Crippen molar-refractivity contribution >= 4 is 25.3 Å². The molecule has 0 amide bonds. The molecule has 48 heavy (non-hydrogen) atoms. The Morgan fingerprint density at radius 2 is 1.23 bits per heavy atom. The maximum atomic E-state index is 3.72. The van der Waals surface area contributed by atoms with Crippen molar-refractivity contribution in [2.24, 2.45) is 29.1 Å². The van der Waals surface area contributed by atoms with Gasteiger partial charge in [-0.25, -0.2) is 11.6 Å². The molecule has 0 heterocycles. The van der Waals surface area contributed by atoms with Crippen LogP contribution in [-0.2, 0) is 41.5 Å². The number of fused-ring (bicyclic) bond motifs is 3. The van der Waals surface area contributed by atoms with Crippen LogP contribution >= 0.6 is 0 Å². The van der Waals surface area contributed by atoms with Gasteiger partial charge in [-0.2, -0.15) is 6.08 Å². The fourth-order valence-corrected chi connectivity index (χ4v) is 9.60. The summed E-state index contributed by atoms with van der Waals surface area (Å²) >= 11 is 1.51. The number of allylic oxidation sites excluding steroid dienone is 4. The van der Waals surface area contributed by atoms with Gasteiger partial charge in [-0.3, -0.25) is 6.08 Å². The third kappa shape index (κ3) is 8.79. The first kappa shape index (κ1) is 39.1. The zero-order valence-electron chi connectivity index (χ0n) is 30.2. The molecule has 4 fully saturated rings. The van der Waals surface area contributed by atoms with E-state index in [1.165, 1.54) is 81.7 Å². The van der Waals surface area contributed by atoms with E-state index in [1.807, 2.05) is 6.07 Å². The Balaban J connectivity index is 0.000000171. The van der Waals surface area contributed by atoms with Crippen LogP contribution in [-0.4, -0.2) is 3.71 Å². The zero-order chi connectivity index (χ0) is 32.7. The number of halogens is 2. The Labute approximate surface area is 318 Å². The Bertz CT molecular complexity index is 1640. The van der Waals surface area contributed by atoms with Crippen molar-refractivity contribution in [1.82, 2.24) is 0 Å². The Kier molecular flexibility index (Phi) is 12.8. The average Bonchev–Trinajstić information content (AvgIpc) is 3.60. The van der Waals surface area contributed by atoms with Crippen LogP contribution < -0.4 is 24.8 Å². The molecule has 254 valence electrons. The molecule has 4 bridgehead atoms. The molecule has 4 saturated carbocycles. The second-order valence-electron chi connectivity index (χ2n) is 17.0. The molecule has 0 radical (unpaired) electrons. The maximum absolute atomic E-state index is 3.72. The molecular formula is C45H54Cl2Zr-2. The van der Waals surface area contributed by atoms with Crippen molar-refractivity contribution in [3.05, 3.63) is 113 Å². The molecule has 4 aromatic rings. The molecule has 5 aliphatic carbocycles. The van der Waals surface area contributed by atoms with Crippen molar-refractivity contribution in [3.8, 4) is 0 Å². The van der Waals surface area contributed by atoms with Crippen LogP contribution in [0, 0.1) is 35.2 Å². The van der Waals surface area contributed by atoms with E-state index in [-0.39, 0.29) is 35.6 Å². The molecule has 1 unspecified atom stereocenters. The van der Waals surface area contributed by atoms with Crippen molar-refractivity contribution in [1.29, 1.82) is 0 Å². The molecule has 0 aromatic heterocycles. The van der Waals surface area contributed by atoms with Crippen molar-refractivity contribution < 1.29 is 49.0 Å². The van der Waals surface area contributed by atoms with Gasteiger partial charge in [0.2, 0.25) is 0 Å². The van der Waals surface area contributed by atoms with Gasteiger partial charge in [0.1, 0.15) is 0 Å². The summed E-state index contributed by atoms with van der Waals surface area (Å²) in [4.78, 5) is 0. The quantitative estimate of drug-likeness (QED) is 0.224. The van der Waals surface area contributed by atoms with E-state index in [1.54, 1.807) is 24.8 Å². The van der Waals surface area contributed by atoms with E-state index in [9.17, 15) is 0 Å². The Hall–Kier alpha value is -1.66. The van der Waals surface area contributed by atoms with Crippen LogP contribution in [0.1, 0.15) is 104 Å². The third-order valence-corrected chi connectivity index (χ3v) is 11.7. The standard InChI is InChI=1S/C21H25.C16H21.C8H8.2ClH.Zr/c1-20(2,3)16-9-7-14-11-15-8-10-17(21(4,5)6)13-19(15)18(14)12-16;1-11-2-3-15(4-11)16-8-12-5-13(9-16)7-14(6-12)10-16;1-2-8-6-4-3-5-7-8;;;/h7-13H,1-6H3;2-3,11-14H,5-10H2,1H3;1,3-7H,2H2;2*1H;/q2*-1;;;;+2/p-2. The summed E-state index contributed by atoms with van der Waals surface area (Å²) in [5, 5.41) is 5.49. The van der Waals surface area contributed by atoms with Gasteiger partial charge in [-0.05, 0) is 72.5 Å². The van der Waals surface area contributed by atoms with Gasteiger partial charge in [0.15, 0.2) is 0 Å². The van der Waals surface area contributed by atoms with Gasteiger partial charge in [-0.1, -0.05) is 89.8 Å². The summed E-state index contributed by atoms with van der Waals surface area (Å²) in [5.74, 6) is 3.75. The molecular weight excluding hydrogens is 703 g/mol. The zero-order valence-corrected chi connectivity index (χ0v) is 34.1. The van der Waals surface area contributed by atoms with Gasteiger partial charge >= 0.3 is 70.3 Å². The average molecular weight is 757 g/mol. The number of benzene rings is 3. The SMILES string of the molecule is CC(C)(C)c1ccc2[cH-]c3ccc(C(C)(C)C)cc3c2c1.CC1[C-]=C(C23CC4CC(CC(C4)C2)C3)C=C1.[Cl-].[Cl-].[Zr+2]=[CH]Cc1ccccc1. The van der Waals surface area contributed by atoms with Gasteiger partial charge in [0, 0.05) is 0 Å². The van der Waals surface area contributed by atoms with Gasteiger partial charge in [0.25, 0.3) is 0 Å². The first-order valence-corrected chi connectivity index (χ1v) is 19.2. The summed E-state index contributed by atoms with van der Waals surface area (Å²) in [6.07, 6.45) is 18.7. The van der Waals surface area contributed by atoms with Crippen LogP contribution in [0.3, 0.4) is 0 Å². The number of rotatable bonds is 3. The molecule has 0 N–H and O–H groups in total. The Morgan fingerprint density at radius 3 is 1.62 bits per heavy atom. The second kappa shape index (κ2) is 15.7. The summed E-state index contributed by atoms with van der Waals surface area (Å²) in [6, 6.07) is 26.7. The topological polar surface area (TPSA) is 0 Å². The fourth-order valence-electron chi connectivity index (χ4n) is 9.02. The minimum atomic E-state index is 0. The van der Waals surface area contributed by atoms with Gasteiger partial charge in [0.05, 0.1) is 0 Å². The van der Waals surface area contributed by atoms with Crippen LogP contribution in [0.5, 0.6) is 0 Å². The first-order valence-electron chi connectivity index (χ1n) is 17.8. The number of hydrogen-bond donors (Lipinski definition) is 0. The van der Waals surface area contributed by atoms with E-state index in [2.05, 4.69) is 137 Å². The van der Waals surface area contributed by atoms with Crippen LogP contribution in [0.15, 0.2) is 90.5 Å². The van der Waals surface area contributed by atoms with E-state index in [0.717, 1.165) is 24.2 Å². The normalized spacial score (nSPS) is 25.3. The summed E-state index contributed by atoms with van der Waals surface area (Å²) < 4.78 is 2.25. The Morgan fingerprint density at radius 1 is 0.750 bits per heavy atom. The first-order chi connectivity index (χ1) is 21.8. The summed E-state index contributed by atoms with van der Waals surface area (Å²) in [5.41, 5.74) is 6.79. The molecule has 4 aromatic carbocycles. The molecule has 0 nitrogen and oxygen atoms in total. The summed E-state index contributed by atoms with van der Waals surface area (Å²) in [7, 11) is 0. The predicted molar refractivity (Wildman–Crippen MR) is 196 cm³/mol. The van der Waals surface area contributed by atoms with Crippen LogP contribution in [0.25, 0.3) is 21.5 Å². The fraction of sp³-hybridized carbons (Fsp3) is 0.467. The molecule has 9 rings (SSSR count). The van der Waals surface area contributed by atoms with Gasteiger partial charge < -0.3 is 24.8 Å². The van der Waals surface area contributed by atoms with Crippen molar-refractivity contribution in [3.63, 3.8) is 0 Å². The molecule has 0 aliphatic heterocycles. The summed E-state index contributed by atoms with van der Waals surface area (Å²) in [6.45, 7) is 15.9. The molecule has 1 atom stereocenters. The van der Waals surface area contributed by atoms with Crippen LogP contribution in [0.2, 0.25) is 0 Å².